The third-order valence-corrected chi connectivity index (χ3v) is 7.71. The molecule has 0 radical (unpaired) electrons. The Bertz CT molecular complexity index is 1090. The van der Waals surface area contributed by atoms with Gasteiger partial charge in [0.25, 0.3) is 0 Å². The van der Waals surface area contributed by atoms with Gasteiger partial charge in [-0.2, -0.15) is 0 Å². The molecule has 34 heavy (non-hydrogen) atoms. The van der Waals surface area contributed by atoms with Crippen LogP contribution in [0, 0.1) is 5.92 Å². The van der Waals surface area contributed by atoms with Crippen molar-refractivity contribution < 1.29 is 9.53 Å². The number of piperidine rings is 1. The largest absolute Gasteiger partial charge is 0.486 e. The van der Waals surface area contributed by atoms with E-state index in [0.29, 0.717) is 11.7 Å². The normalized spacial score (nSPS) is 20.0. The topological polar surface area (TPSA) is 29.5 Å². The van der Waals surface area contributed by atoms with Crippen LogP contribution in [0.25, 0.3) is 0 Å². The number of nitrogens with zero attached hydrogens (tertiary/aromatic N) is 1. The fourth-order valence-electron chi connectivity index (χ4n) is 5.60. The molecular weight excluding hydrogens is 418 g/mol. The molecule has 1 aliphatic heterocycles. The Labute approximate surface area is 203 Å². The van der Waals surface area contributed by atoms with E-state index < -0.39 is 0 Å². The lowest BCUT2D eigenvalue weighted by Crippen LogP contribution is -2.35. The summed E-state index contributed by atoms with van der Waals surface area (Å²) < 4.78 is 6.18. The molecule has 3 aromatic carbocycles. The van der Waals surface area contributed by atoms with E-state index in [1.807, 2.05) is 30.3 Å². The van der Waals surface area contributed by atoms with Crippen LogP contribution in [-0.2, 0) is 6.42 Å². The van der Waals surface area contributed by atoms with Crippen LogP contribution >= 0.6 is 0 Å². The summed E-state index contributed by atoms with van der Waals surface area (Å²) in [5.41, 5.74) is 4.67. The summed E-state index contributed by atoms with van der Waals surface area (Å²) in [6, 6.07) is 27.2. The first-order valence-electron chi connectivity index (χ1n) is 12.8. The molecule has 2 aliphatic rings. The van der Waals surface area contributed by atoms with E-state index in [-0.39, 0.29) is 12.0 Å². The fourth-order valence-corrected chi connectivity index (χ4v) is 5.60. The van der Waals surface area contributed by atoms with Crippen molar-refractivity contribution in [2.75, 3.05) is 19.6 Å². The number of benzene rings is 3. The van der Waals surface area contributed by atoms with Crippen molar-refractivity contribution in [3.05, 3.63) is 101 Å². The van der Waals surface area contributed by atoms with E-state index in [0.717, 1.165) is 61.3 Å². The van der Waals surface area contributed by atoms with Crippen LogP contribution in [-0.4, -0.2) is 30.3 Å². The second kappa shape index (κ2) is 10.6. The highest BCUT2D eigenvalue weighted by atomic mass is 16.5. The maximum absolute atomic E-state index is 13.2. The molecule has 3 nitrogen and oxygen atoms in total. The number of ketones is 1. The number of hydrogen-bond acceptors (Lipinski definition) is 3. The van der Waals surface area contributed by atoms with E-state index in [1.165, 1.54) is 18.4 Å². The third-order valence-electron chi connectivity index (χ3n) is 7.71. The number of Topliss-reactive ketones (excluding diaryl/α,β-unsaturated/α-hetero) is 1. The van der Waals surface area contributed by atoms with E-state index in [2.05, 4.69) is 60.4 Å². The highest BCUT2D eigenvalue weighted by Crippen LogP contribution is 2.33. The lowest BCUT2D eigenvalue weighted by molar-refractivity contribution is 0.0877. The molecule has 3 heteroatoms. The second-order valence-electron chi connectivity index (χ2n) is 9.90. The summed E-state index contributed by atoms with van der Waals surface area (Å²) in [6.07, 6.45) is 5.29. The van der Waals surface area contributed by atoms with Crippen molar-refractivity contribution in [2.45, 2.75) is 51.0 Å². The number of rotatable bonds is 7. The summed E-state index contributed by atoms with van der Waals surface area (Å²) >= 11 is 0. The quantitative estimate of drug-likeness (QED) is 0.392. The monoisotopic (exact) mass is 453 g/mol. The average Bonchev–Trinajstić information content (AvgIpc) is 2.89. The van der Waals surface area contributed by atoms with Crippen LogP contribution < -0.4 is 4.74 Å². The molecule has 1 fully saturated rings. The van der Waals surface area contributed by atoms with E-state index in [9.17, 15) is 4.79 Å². The molecular formula is C31H35NO2. The van der Waals surface area contributed by atoms with Gasteiger partial charge in [0.15, 0.2) is 5.78 Å². The first kappa shape index (κ1) is 22.9. The summed E-state index contributed by atoms with van der Waals surface area (Å²) in [5.74, 6) is 2.00. The zero-order valence-corrected chi connectivity index (χ0v) is 20.2. The zero-order chi connectivity index (χ0) is 23.3. The molecule has 0 spiro atoms. The van der Waals surface area contributed by atoms with Crippen LogP contribution in [0.1, 0.15) is 71.7 Å². The molecule has 0 N–H and O–H groups in total. The van der Waals surface area contributed by atoms with Gasteiger partial charge in [-0.25, -0.2) is 0 Å². The van der Waals surface area contributed by atoms with Crippen LogP contribution in [0.3, 0.4) is 0 Å². The van der Waals surface area contributed by atoms with E-state index in [4.69, 9.17) is 4.74 Å². The van der Waals surface area contributed by atoms with E-state index >= 15 is 0 Å². The van der Waals surface area contributed by atoms with Gasteiger partial charge in [-0.15, -0.1) is 0 Å². The highest BCUT2D eigenvalue weighted by molar-refractivity contribution is 6.00. The molecule has 1 heterocycles. The van der Waals surface area contributed by atoms with Gasteiger partial charge in [0.1, 0.15) is 11.9 Å². The molecule has 0 aromatic heterocycles. The molecule has 3 aromatic rings. The van der Waals surface area contributed by atoms with Gasteiger partial charge in [-0.1, -0.05) is 60.7 Å². The van der Waals surface area contributed by atoms with E-state index in [1.54, 1.807) is 0 Å². The number of carbonyl (C=O) groups is 1. The summed E-state index contributed by atoms with van der Waals surface area (Å²) in [5, 5.41) is 0. The summed E-state index contributed by atoms with van der Waals surface area (Å²) in [4.78, 5) is 15.8. The third kappa shape index (κ3) is 5.26. The van der Waals surface area contributed by atoms with Crippen LogP contribution in [0.15, 0.2) is 78.9 Å². The Morgan fingerprint density at radius 1 is 0.912 bits per heavy atom. The van der Waals surface area contributed by atoms with Gasteiger partial charge in [-0.3, -0.25) is 4.79 Å². The molecule has 2 atom stereocenters. The number of likely N-dealkylation sites (tertiary alicyclic amines) is 1. The average molecular weight is 454 g/mol. The van der Waals surface area contributed by atoms with Crippen molar-refractivity contribution >= 4 is 5.78 Å². The molecule has 2 unspecified atom stereocenters. The number of hydrogen-bond donors (Lipinski definition) is 0. The van der Waals surface area contributed by atoms with Gasteiger partial charge >= 0.3 is 0 Å². The minimum atomic E-state index is -0.0164. The molecule has 5 rings (SSSR count). The maximum Gasteiger partial charge on any atom is 0.166 e. The lowest BCUT2D eigenvalue weighted by Gasteiger charge is -2.33. The smallest absolute Gasteiger partial charge is 0.166 e. The van der Waals surface area contributed by atoms with Gasteiger partial charge in [0.2, 0.25) is 0 Å². The lowest BCUT2D eigenvalue weighted by atomic mass is 9.80. The molecule has 176 valence electrons. The minimum absolute atomic E-state index is 0.0164. The number of fused-ring (bicyclic) bond motifs is 1. The van der Waals surface area contributed by atoms with Crippen molar-refractivity contribution in [1.82, 2.24) is 4.90 Å². The molecule has 0 amide bonds. The first-order valence-corrected chi connectivity index (χ1v) is 12.8. The Kier molecular flexibility index (Phi) is 7.10. The Balaban J connectivity index is 1.13. The Hall–Kier alpha value is -2.91. The van der Waals surface area contributed by atoms with Crippen molar-refractivity contribution in [1.29, 1.82) is 0 Å². The second-order valence-corrected chi connectivity index (χ2v) is 9.90. The predicted octanol–water partition coefficient (Wildman–Crippen LogP) is 6.84. The zero-order valence-electron chi connectivity index (χ0n) is 20.2. The molecule has 1 saturated heterocycles. The van der Waals surface area contributed by atoms with Crippen molar-refractivity contribution in [3.63, 3.8) is 0 Å². The van der Waals surface area contributed by atoms with Crippen LogP contribution in [0.2, 0.25) is 0 Å². The maximum atomic E-state index is 13.2. The fraction of sp³-hybridized carbons (Fsp3) is 0.387. The number of ether oxygens (including phenoxy) is 1. The highest BCUT2D eigenvalue weighted by Gasteiger charge is 2.29. The minimum Gasteiger partial charge on any atom is -0.486 e. The van der Waals surface area contributed by atoms with Crippen LogP contribution in [0.5, 0.6) is 5.75 Å². The molecule has 1 aliphatic carbocycles. The van der Waals surface area contributed by atoms with Gasteiger partial charge in [0, 0.05) is 11.5 Å². The Morgan fingerprint density at radius 2 is 1.62 bits per heavy atom. The first-order chi connectivity index (χ1) is 16.7. The van der Waals surface area contributed by atoms with Gasteiger partial charge < -0.3 is 9.64 Å². The summed E-state index contributed by atoms with van der Waals surface area (Å²) in [7, 11) is 0. The Morgan fingerprint density at radius 3 is 2.35 bits per heavy atom. The number of aryl methyl sites for hydroxylation is 1. The number of carbonyl (C=O) groups excluding carboxylic acids is 1. The van der Waals surface area contributed by atoms with Crippen molar-refractivity contribution in [2.24, 2.45) is 5.92 Å². The SMILES string of the molecule is CC(Oc1ccc2c(c1)CCC(CCN1CCC(c3ccccc3)CC1)C2=O)c1ccccc1. The van der Waals surface area contributed by atoms with Crippen molar-refractivity contribution in [3.8, 4) is 5.75 Å². The standard InChI is InChI=1S/C31H35NO2/c1-23(24-8-4-2-5-9-24)34-29-14-15-30-28(22-29)13-12-27(31(30)33)18-21-32-19-16-26(17-20-32)25-10-6-3-7-11-25/h2-11,14-15,22-23,26-27H,12-13,16-21H2,1H3. The molecule has 0 saturated carbocycles. The van der Waals surface area contributed by atoms with Gasteiger partial charge in [-0.05, 0) is 99.5 Å². The van der Waals surface area contributed by atoms with Gasteiger partial charge in [0.05, 0.1) is 0 Å². The van der Waals surface area contributed by atoms with Crippen LogP contribution in [0.4, 0.5) is 0 Å². The predicted molar refractivity (Wildman–Crippen MR) is 138 cm³/mol. The molecule has 0 bridgehead atoms. The summed E-state index contributed by atoms with van der Waals surface area (Å²) in [6.45, 7) is 5.37.